The molecule has 2 heterocycles. The fourth-order valence-corrected chi connectivity index (χ4v) is 7.78. The van der Waals surface area contributed by atoms with Gasteiger partial charge in [-0.2, -0.15) is 4.57 Å². The number of benzene rings is 5. The Morgan fingerprint density at radius 1 is 0.603 bits per heavy atom. The van der Waals surface area contributed by atoms with Crippen LogP contribution in [0, 0.1) is 10.2 Å². The Labute approximate surface area is 349 Å². The van der Waals surface area contributed by atoms with E-state index in [-0.39, 0.29) is 11.2 Å². The van der Waals surface area contributed by atoms with Gasteiger partial charge in [0.25, 0.3) is 0 Å². The van der Waals surface area contributed by atoms with Crippen molar-refractivity contribution < 1.29 is 38.2 Å². The number of likely N-dealkylation sites (N-methyl/N-ethyl adjacent to an activating group) is 1. The van der Waals surface area contributed by atoms with Crippen LogP contribution in [0.2, 0.25) is 10.0 Å². The summed E-state index contributed by atoms with van der Waals surface area (Å²) in [6, 6.07) is 49.0. The zero-order valence-electron chi connectivity index (χ0n) is 31.7. The Morgan fingerprint density at radius 3 is 1.60 bits per heavy atom. The van der Waals surface area contributed by atoms with Gasteiger partial charge in [0.05, 0.1) is 0 Å². The van der Waals surface area contributed by atoms with Gasteiger partial charge in [0, 0.05) is 80.5 Å². The highest BCUT2D eigenvalue weighted by Crippen LogP contribution is 2.47. The van der Waals surface area contributed by atoms with Gasteiger partial charge in [0.15, 0.2) is 5.78 Å². The topological polar surface area (TPSA) is 116 Å². The van der Waals surface area contributed by atoms with Crippen molar-refractivity contribution in [3.8, 4) is 33.6 Å². The van der Waals surface area contributed by atoms with Gasteiger partial charge in [-0.25, -0.2) is 18.6 Å². The summed E-state index contributed by atoms with van der Waals surface area (Å²) in [5.74, 6) is -0.0321. The van der Waals surface area contributed by atoms with Crippen LogP contribution >= 0.6 is 23.2 Å². The number of allylic oxidation sites excluding steroid dienone is 8. The summed E-state index contributed by atoms with van der Waals surface area (Å²) >= 11 is 12.9. The highest BCUT2D eigenvalue weighted by molar-refractivity contribution is 6.32. The number of Topliss-reactive ketones (excluding diaryl/α,β-unsaturated/α-hetero) is 1. The summed E-state index contributed by atoms with van der Waals surface area (Å²) in [5.41, 5.74) is 12.2. The van der Waals surface area contributed by atoms with Gasteiger partial charge >= 0.3 is 0 Å². The lowest BCUT2D eigenvalue weighted by Gasteiger charge is -2.24. The molecule has 1 aliphatic heterocycles. The van der Waals surface area contributed by atoms with Crippen LogP contribution in [0.4, 0.5) is 5.69 Å². The molecule has 5 aromatic carbocycles. The highest BCUT2D eigenvalue weighted by atomic mass is 35.7. The molecule has 10 heteroatoms. The van der Waals surface area contributed by atoms with Crippen molar-refractivity contribution in [1.29, 1.82) is 0 Å². The molecule has 0 saturated heterocycles. The Balaban J connectivity index is 0.000000966. The first-order valence-electron chi connectivity index (χ1n) is 18.3. The minimum atomic E-state index is -4.94. The Hall–Kier alpha value is -5.61. The number of halogens is 3. The number of aromatic nitrogens is 1. The van der Waals surface area contributed by atoms with Crippen LogP contribution in [0.1, 0.15) is 25.0 Å². The zero-order chi connectivity index (χ0) is 41.2. The lowest BCUT2D eigenvalue weighted by atomic mass is 9.83. The maximum atomic E-state index is 14.5. The predicted molar refractivity (Wildman–Crippen MR) is 221 cm³/mol. The maximum Gasteiger partial charge on any atom is 0.219 e. The second-order valence-corrected chi connectivity index (χ2v) is 15.9. The number of carbonyl (C=O) groups is 1. The molecular formula is C48H37Cl3N2O5. The van der Waals surface area contributed by atoms with Gasteiger partial charge in [-0.1, -0.05) is 116 Å². The van der Waals surface area contributed by atoms with Crippen LogP contribution in [0.25, 0.3) is 44.9 Å². The van der Waals surface area contributed by atoms with Crippen LogP contribution in [-0.4, -0.2) is 12.8 Å². The van der Waals surface area contributed by atoms with Crippen molar-refractivity contribution in [2.24, 2.45) is 0 Å². The van der Waals surface area contributed by atoms with E-state index in [0.29, 0.717) is 21.2 Å². The molecule has 0 bridgehead atoms. The predicted octanol–water partition coefficient (Wildman–Crippen LogP) is 7.27. The molecule has 2 aliphatic rings. The Kier molecular flexibility index (Phi) is 11.7. The number of para-hydroxylation sites is 1. The van der Waals surface area contributed by atoms with Crippen molar-refractivity contribution in [3.05, 3.63) is 202 Å². The monoisotopic (exact) mass is 826 g/mol. The van der Waals surface area contributed by atoms with E-state index in [1.54, 1.807) is 0 Å². The van der Waals surface area contributed by atoms with Crippen molar-refractivity contribution >= 4 is 45.9 Å². The third-order valence-electron chi connectivity index (χ3n) is 10.3. The summed E-state index contributed by atoms with van der Waals surface area (Å²) in [6.07, 6.45) is 8.13. The lowest BCUT2D eigenvalue weighted by Crippen LogP contribution is -2.68. The minimum Gasteiger partial charge on any atom is -0.347 e. The molecule has 7 nitrogen and oxygen atoms in total. The molecule has 0 N–H and O–H groups in total. The number of ketones is 1. The Morgan fingerprint density at radius 2 is 1.09 bits per heavy atom. The first kappa shape index (κ1) is 40.6. The number of fused-ring (bicyclic) bond motifs is 1. The van der Waals surface area contributed by atoms with Gasteiger partial charge < -0.3 is 4.90 Å². The molecule has 0 radical (unpaired) electrons. The number of hydrogen-bond donors (Lipinski definition) is 0. The summed E-state index contributed by atoms with van der Waals surface area (Å²) in [7, 11) is -2.85. The van der Waals surface area contributed by atoms with Crippen LogP contribution < -0.4 is 28.1 Å². The van der Waals surface area contributed by atoms with Crippen molar-refractivity contribution in [3.63, 3.8) is 0 Å². The molecule has 1 aliphatic carbocycles. The third kappa shape index (κ3) is 8.77. The fraction of sp³-hybridized carbons (Fsp3) is 0.0833. The smallest absolute Gasteiger partial charge is 0.219 e. The number of pyridine rings is 1. The molecule has 0 spiro atoms. The maximum absolute atomic E-state index is 14.5. The van der Waals surface area contributed by atoms with E-state index in [4.69, 9.17) is 41.8 Å². The SMILES string of the molecule is CN1/C(=C\C=C2\C=C([n+]3c(-c4ccc(Cl)cc4)cc(-c4ccccc4)cc3-c3ccc(Cl)cc3)C=C(c3ccccc3)C2=O)C(C)(C)c2ccccc21.[O-][Cl+3]([O-])([O-])[O-]. The summed E-state index contributed by atoms with van der Waals surface area (Å²) < 4.78 is 36.2. The first-order chi connectivity index (χ1) is 27.7. The largest absolute Gasteiger partial charge is 0.347 e. The summed E-state index contributed by atoms with van der Waals surface area (Å²) in [6.45, 7) is 4.47. The van der Waals surface area contributed by atoms with Crippen LogP contribution in [0.5, 0.6) is 0 Å². The van der Waals surface area contributed by atoms with E-state index in [9.17, 15) is 4.79 Å². The lowest BCUT2D eigenvalue weighted by molar-refractivity contribution is -2.00. The second-order valence-electron chi connectivity index (χ2n) is 14.3. The van der Waals surface area contributed by atoms with E-state index in [2.05, 4.69) is 97.1 Å². The standard InChI is InChI=1S/C48H37Cl2N2O.ClHO4/c1-48(2)42-16-10-11-17-43(42)51(3)46(48)27-22-36-28-40(31-41(47(36)53)33-14-8-5-9-15-33)52-44(34-18-23-38(49)24-19-34)29-37(32-12-6-4-7-13-32)30-45(52)35-20-25-39(50)26-21-35;2-1(3,4)5/h4-31H,1-3H3;(H,2,3,4,5)/q+1;/p-1/b36-22-,46-27-;. The molecule has 0 saturated carbocycles. The molecule has 58 heavy (non-hydrogen) atoms. The van der Waals surface area contributed by atoms with E-state index in [0.717, 1.165) is 50.6 Å². The zero-order valence-corrected chi connectivity index (χ0v) is 34.0. The van der Waals surface area contributed by atoms with Crippen molar-refractivity contribution in [1.82, 2.24) is 0 Å². The fourth-order valence-electron chi connectivity index (χ4n) is 7.53. The van der Waals surface area contributed by atoms with Crippen LogP contribution in [0.3, 0.4) is 0 Å². The average molecular weight is 828 g/mol. The molecule has 290 valence electrons. The van der Waals surface area contributed by atoms with E-state index < -0.39 is 10.2 Å². The van der Waals surface area contributed by atoms with E-state index >= 15 is 0 Å². The first-order valence-corrected chi connectivity index (χ1v) is 20.3. The van der Waals surface area contributed by atoms with Crippen molar-refractivity contribution in [2.45, 2.75) is 19.3 Å². The number of hydrogen-bond acceptors (Lipinski definition) is 6. The molecule has 0 amide bonds. The van der Waals surface area contributed by atoms with E-state index in [1.165, 1.54) is 11.3 Å². The van der Waals surface area contributed by atoms with Gasteiger partial charge in [-0.3, -0.25) is 4.79 Å². The molecule has 8 rings (SSSR count). The molecule has 1 aromatic heterocycles. The van der Waals surface area contributed by atoms with Gasteiger partial charge in [-0.15, -0.1) is 10.2 Å². The Bertz CT molecular complexity index is 2540. The van der Waals surface area contributed by atoms with Crippen LogP contribution in [0.15, 0.2) is 181 Å². The number of rotatable bonds is 6. The number of nitrogens with zero attached hydrogens (tertiary/aromatic N) is 2. The second kappa shape index (κ2) is 16.7. The average Bonchev–Trinajstić information content (AvgIpc) is 3.41. The highest BCUT2D eigenvalue weighted by Gasteiger charge is 2.38. The van der Waals surface area contributed by atoms with Gasteiger partial charge in [-0.05, 0) is 89.0 Å². The molecule has 0 unspecified atom stereocenters. The third-order valence-corrected chi connectivity index (χ3v) is 10.8. The number of carbonyl (C=O) groups excluding carboxylic acids is 1. The van der Waals surface area contributed by atoms with E-state index in [1.807, 2.05) is 103 Å². The minimum absolute atomic E-state index is 0.0321. The molecule has 0 fully saturated rings. The van der Waals surface area contributed by atoms with Gasteiger partial charge in [0.2, 0.25) is 17.1 Å². The normalized spacial score (nSPS) is 16.1. The summed E-state index contributed by atoms with van der Waals surface area (Å²) in [5, 5.41) is 1.32. The quantitative estimate of drug-likeness (QED) is 0.129. The van der Waals surface area contributed by atoms with Gasteiger partial charge in [0.1, 0.15) is 0 Å². The molecule has 6 aromatic rings. The van der Waals surface area contributed by atoms with Crippen LogP contribution in [-0.2, 0) is 10.2 Å². The molecule has 0 atom stereocenters. The summed E-state index contributed by atoms with van der Waals surface area (Å²) in [4.78, 5) is 16.8. The number of anilines is 1. The molecular weight excluding hydrogens is 791 g/mol. The van der Waals surface area contributed by atoms with Crippen molar-refractivity contribution in [2.75, 3.05) is 11.9 Å².